The number of aryl methyl sites for hydroxylation is 1. The van der Waals surface area contributed by atoms with Crippen LogP contribution in [0, 0.1) is 5.92 Å². The summed E-state index contributed by atoms with van der Waals surface area (Å²) in [6.45, 7) is 4.52. The van der Waals surface area contributed by atoms with Crippen molar-refractivity contribution in [2.24, 2.45) is 5.92 Å². The first kappa shape index (κ1) is 28.8. The Hall–Kier alpha value is -2.21. The fourth-order valence-electron chi connectivity index (χ4n) is 4.40. The van der Waals surface area contributed by atoms with E-state index in [1.807, 2.05) is 17.4 Å². The molecule has 1 aliphatic rings. The van der Waals surface area contributed by atoms with Crippen molar-refractivity contribution in [3.63, 3.8) is 0 Å². The number of amides is 2. The lowest BCUT2D eigenvalue weighted by Crippen LogP contribution is -2.44. The van der Waals surface area contributed by atoms with E-state index in [9.17, 15) is 9.59 Å². The maximum Gasteiger partial charge on any atom is 0.314 e. The summed E-state index contributed by atoms with van der Waals surface area (Å²) < 4.78 is 3.10. The number of hydrogen-bond acceptors (Lipinski definition) is 7. The van der Waals surface area contributed by atoms with Gasteiger partial charge in [-0.3, -0.25) is 14.6 Å². The van der Waals surface area contributed by atoms with Crippen LogP contribution in [0.5, 0.6) is 0 Å². The Morgan fingerprint density at radius 3 is 2.79 bits per heavy atom. The summed E-state index contributed by atoms with van der Waals surface area (Å²) in [7, 11) is 4.22. The molecule has 1 aromatic carbocycles. The molecule has 0 bridgehead atoms. The van der Waals surface area contributed by atoms with Crippen molar-refractivity contribution >= 4 is 78.4 Å². The number of halogens is 1. The summed E-state index contributed by atoms with van der Waals surface area (Å²) in [5.74, 6) is -0.651. The molecule has 1 saturated heterocycles. The van der Waals surface area contributed by atoms with Crippen molar-refractivity contribution in [2.75, 3.05) is 39.0 Å². The Balaban J connectivity index is 0.000000194. The number of rotatable bonds is 6. The first-order valence-corrected chi connectivity index (χ1v) is 17.5. The van der Waals surface area contributed by atoms with Crippen LogP contribution in [0.4, 0.5) is 5.69 Å². The fourth-order valence-corrected chi connectivity index (χ4v) is 6.94. The van der Waals surface area contributed by atoms with E-state index in [2.05, 4.69) is 86.5 Å². The zero-order valence-corrected chi connectivity index (χ0v) is 25.8. The lowest BCUT2D eigenvalue weighted by Gasteiger charge is -2.30. The molecule has 9 nitrogen and oxygen atoms in total. The molecular formula is C26H33IN7O2PS. The Morgan fingerprint density at radius 2 is 2.05 bits per heavy atom. The molecule has 0 saturated carbocycles. The van der Waals surface area contributed by atoms with E-state index in [0.29, 0.717) is 31.1 Å². The van der Waals surface area contributed by atoms with E-state index in [1.165, 1.54) is 16.1 Å². The molecule has 2 unspecified atom stereocenters. The van der Waals surface area contributed by atoms with Gasteiger partial charge in [0.15, 0.2) is 0 Å². The van der Waals surface area contributed by atoms with Gasteiger partial charge < -0.3 is 15.1 Å². The highest BCUT2D eigenvalue weighted by atomic mass is 127. The van der Waals surface area contributed by atoms with Crippen LogP contribution in [-0.4, -0.2) is 74.9 Å². The smallest absolute Gasteiger partial charge is 0.314 e. The van der Waals surface area contributed by atoms with Crippen molar-refractivity contribution in [3.05, 3.63) is 47.9 Å². The third kappa shape index (κ3) is 7.46. The number of pyridine rings is 1. The molecular weight excluding hydrogens is 632 g/mol. The maximum atomic E-state index is 12.3. The predicted molar refractivity (Wildman–Crippen MR) is 165 cm³/mol. The molecule has 1 fully saturated rings. The van der Waals surface area contributed by atoms with Gasteiger partial charge in [-0.2, -0.15) is 5.10 Å². The third-order valence-electron chi connectivity index (χ3n) is 6.27. The van der Waals surface area contributed by atoms with Crippen LogP contribution in [0.25, 0.3) is 21.1 Å². The summed E-state index contributed by atoms with van der Waals surface area (Å²) in [6, 6.07) is 8.35. The molecule has 202 valence electrons. The number of anilines is 1. The minimum Gasteiger partial charge on any atom is -0.334 e. The van der Waals surface area contributed by atoms with E-state index in [-0.39, 0.29) is 0 Å². The molecule has 2 atom stereocenters. The number of nitrogens with one attached hydrogen (secondary N) is 1. The van der Waals surface area contributed by atoms with E-state index in [1.54, 1.807) is 27.9 Å². The normalized spacial score (nSPS) is 15.8. The standard InChI is InChI=1S/C14H17IN5O2P.C12H16N2S/c1-9-3-2-4-19(8-9)14(22)13(21)18-11-7-16-5-10-6-17-20(23-15)12(10)11;1-14(2)9-5-8-12-13-10-6-3-4-7-11(10)15-12/h5-7,9,23H,2-4,8H2,1H3,(H,18,21);3-4,6-7H,5,8-9H2,1-2H3. The number of hydrogen-bond donors (Lipinski definition) is 1. The second kappa shape index (κ2) is 13.7. The van der Waals surface area contributed by atoms with Gasteiger partial charge in [-0.1, -0.05) is 19.1 Å². The number of thiazole rings is 1. The largest absolute Gasteiger partial charge is 0.334 e. The molecule has 0 radical (unpaired) electrons. The summed E-state index contributed by atoms with van der Waals surface area (Å²) in [5, 5.41) is 9.07. The number of piperidine rings is 1. The average Bonchev–Trinajstić information content (AvgIpc) is 3.52. The minimum atomic E-state index is -0.613. The Labute approximate surface area is 241 Å². The zero-order chi connectivity index (χ0) is 27.1. The number of para-hydroxylation sites is 1. The first-order chi connectivity index (χ1) is 18.4. The van der Waals surface area contributed by atoms with E-state index < -0.39 is 11.8 Å². The first-order valence-electron chi connectivity index (χ1n) is 12.6. The second-order valence-corrected chi connectivity index (χ2v) is 12.9. The topological polar surface area (TPSA) is 96.2 Å². The van der Waals surface area contributed by atoms with Gasteiger partial charge in [0.1, 0.15) is 0 Å². The average molecular weight is 666 g/mol. The number of likely N-dealkylation sites (tertiary alicyclic amines) is 1. The molecule has 1 N–H and O–H groups in total. The van der Waals surface area contributed by atoms with Crippen LogP contribution in [0.3, 0.4) is 0 Å². The third-order valence-corrected chi connectivity index (χ3v) is 9.24. The van der Waals surface area contributed by atoms with Gasteiger partial charge in [-0.05, 0) is 80.0 Å². The monoisotopic (exact) mass is 665 g/mol. The van der Waals surface area contributed by atoms with E-state index in [0.717, 1.165) is 42.2 Å². The highest BCUT2D eigenvalue weighted by molar-refractivity contribution is 14.2. The van der Waals surface area contributed by atoms with Crippen molar-refractivity contribution in [1.82, 2.24) is 29.3 Å². The fraction of sp³-hybridized carbons (Fsp3) is 0.423. The van der Waals surface area contributed by atoms with Gasteiger partial charge in [0.05, 0.1) is 45.2 Å². The Bertz CT molecular complexity index is 1360. The van der Waals surface area contributed by atoms with Gasteiger partial charge in [0.2, 0.25) is 0 Å². The minimum absolute atomic E-state index is 0.398. The van der Waals surface area contributed by atoms with Gasteiger partial charge in [0, 0.05) is 31.1 Å². The van der Waals surface area contributed by atoms with Gasteiger partial charge in [-0.25, -0.2) is 9.44 Å². The quantitative estimate of drug-likeness (QED) is 0.173. The molecule has 3 aromatic heterocycles. The molecule has 1 aliphatic heterocycles. The highest BCUT2D eigenvalue weighted by Crippen LogP contribution is 2.32. The summed E-state index contributed by atoms with van der Waals surface area (Å²) in [5.41, 5.74) is 2.45. The van der Waals surface area contributed by atoms with E-state index >= 15 is 0 Å². The lowest BCUT2D eigenvalue weighted by molar-refractivity contribution is -0.144. The molecule has 12 heteroatoms. The molecule has 0 aliphatic carbocycles. The number of nitrogens with zero attached hydrogens (tertiary/aromatic N) is 6. The maximum absolute atomic E-state index is 12.3. The SMILES string of the molecule is CC1CCCN(C(=O)C(=O)Nc2cncc3cnn(PI)c23)C1.CN(C)CCCc1nc2ccccc2s1. The van der Waals surface area contributed by atoms with Crippen molar-refractivity contribution in [3.8, 4) is 0 Å². The van der Waals surface area contributed by atoms with Crippen molar-refractivity contribution in [1.29, 1.82) is 0 Å². The van der Waals surface area contributed by atoms with Crippen LogP contribution >= 0.6 is 39.8 Å². The van der Waals surface area contributed by atoms with Crippen molar-refractivity contribution < 1.29 is 9.59 Å². The van der Waals surface area contributed by atoms with E-state index in [4.69, 9.17) is 0 Å². The number of carbonyl (C=O) groups excluding carboxylic acids is 2. The highest BCUT2D eigenvalue weighted by Gasteiger charge is 2.26. The molecule has 5 rings (SSSR count). The lowest BCUT2D eigenvalue weighted by atomic mass is 10.0. The van der Waals surface area contributed by atoms with Crippen LogP contribution in [0.15, 0.2) is 42.9 Å². The molecule has 4 heterocycles. The van der Waals surface area contributed by atoms with Crippen molar-refractivity contribution in [2.45, 2.75) is 32.6 Å². The second-order valence-electron chi connectivity index (χ2n) is 9.70. The van der Waals surface area contributed by atoms with Gasteiger partial charge in [-0.15, -0.1) is 11.3 Å². The number of carbonyl (C=O) groups is 2. The number of fused-ring (bicyclic) bond motifs is 2. The number of benzene rings is 1. The summed E-state index contributed by atoms with van der Waals surface area (Å²) >= 11 is 4.04. The molecule has 0 spiro atoms. The van der Waals surface area contributed by atoms with Crippen LogP contribution in [0.1, 0.15) is 31.2 Å². The summed E-state index contributed by atoms with van der Waals surface area (Å²) in [6.07, 6.45) is 9.68. The predicted octanol–water partition coefficient (Wildman–Crippen LogP) is 5.21. The Kier molecular flexibility index (Phi) is 10.4. The van der Waals surface area contributed by atoms with Gasteiger partial charge in [0.25, 0.3) is 0 Å². The molecule has 4 aromatic rings. The Morgan fingerprint density at radius 1 is 1.24 bits per heavy atom. The van der Waals surface area contributed by atoms with Gasteiger partial charge >= 0.3 is 11.8 Å². The van der Waals surface area contributed by atoms with Crippen LogP contribution < -0.4 is 5.32 Å². The molecule has 38 heavy (non-hydrogen) atoms. The molecule has 2 amide bonds. The summed E-state index contributed by atoms with van der Waals surface area (Å²) in [4.78, 5) is 37.2. The number of aromatic nitrogens is 4. The zero-order valence-electron chi connectivity index (χ0n) is 21.9. The van der Waals surface area contributed by atoms with Crippen LogP contribution in [-0.2, 0) is 16.0 Å². The van der Waals surface area contributed by atoms with Crippen LogP contribution in [0.2, 0.25) is 0 Å².